The lowest BCUT2D eigenvalue weighted by atomic mass is 9.90. The first-order chi connectivity index (χ1) is 22.4. The third-order valence-corrected chi connectivity index (χ3v) is 8.18. The molecule has 46 heavy (non-hydrogen) atoms. The number of aromatic nitrogens is 2. The summed E-state index contributed by atoms with van der Waals surface area (Å²) < 4.78 is 38.8. The molecule has 0 aliphatic heterocycles. The smallest absolute Gasteiger partial charge is 0.338 e. The Labute approximate surface area is 265 Å². The van der Waals surface area contributed by atoms with E-state index in [1.165, 1.54) is 14.2 Å². The number of rotatable bonds is 11. The van der Waals surface area contributed by atoms with Crippen molar-refractivity contribution < 1.29 is 38.0 Å². The van der Waals surface area contributed by atoms with E-state index >= 15 is 0 Å². The second-order valence-electron chi connectivity index (χ2n) is 10.7. The number of hydrogen-bond donors (Lipinski definition) is 0. The van der Waals surface area contributed by atoms with Crippen molar-refractivity contribution in [2.45, 2.75) is 13.8 Å². The SMILES string of the molecule is CCOC(=O)c1cc2c3ccccc3n(C)c2c(OCOC)c1-c1c(C(=O)OCC)cc2c3ccccc3n(C)c2c1OCOC. The fraction of sp³-hybridized carbons (Fsp3) is 0.278. The first-order valence-corrected chi connectivity index (χ1v) is 15.0. The molecule has 2 aromatic heterocycles. The molecule has 2 heterocycles. The third kappa shape index (κ3) is 4.90. The first kappa shape index (κ1) is 30.9. The molecule has 0 aliphatic carbocycles. The molecule has 0 fully saturated rings. The van der Waals surface area contributed by atoms with E-state index < -0.39 is 11.9 Å². The Kier molecular flexibility index (Phi) is 8.57. The molecule has 0 N–H and O–H groups in total. The van der Waals surface area contributed by atoms with Crippen molar-refractivity contribution in [2.24, 2.45) is 14.1 Å². The molecule has 4 aromatic carbocycles. The summed E-state index contributed by atoms with van der Waals surface area (Å²) in [5, 5.41) is 3.40. The van der Waals surface area contributed by atoms with Crippen LogP contribution >= 0.6 is 0 Å². The average molecular weight is 625 g/mol. The highest BCUT2D eigenvalue weighted by atomic mass is 16.7. The van der Waals surface area contributed by atoms with Crippen molar-refractivity contribution in [1.82, 2.24) is 9.13 Å². The van der Waals surface area contributed by atoms with E-state index in [0.29, 0.717) is 33.7 Å². The lowest BCUT2D eigenvalue weighted by Gasteiger charge is -2.22. The average Bonchev–Trinajstić information content (AvgIpc) is 3.52. The Morgan fingerprint density at radius 2 is 1.00 bits per heavy atom. The summed E-state index contributed by atoms with van der Waals surface area (Å²) in [4.78, 5) is 27.9. The number of carbonyl (C=O) groups is 2. The van der Waals surface area contributed by atoms with E-state index in [9.17, 15) is 9.59 Å². The first-order valence-electron chi connectivity index (χ1n) is 15.0. The zero-order valence-electron chi connectivity index (χ0n) is 26.8. The van der Waals surface area contributed by atoms with Gasteiger partial charge in [0.1, 0.15) is 0 Å². The van der Waals surface area contributed by atoms with Gasteiger partial charge >= 0.3 is 11.9 Å². The van der Waals surface area contributed by atoms with Crippen molar-refractivity contribution >= 4 is 55.6 Å². The van der Waals surface area contributed by atoms with E-state index in [-0.39, 0.29) is 37.9 Å². The number of nitrogens with zero attached hydrogens (tertiary/aromatic N) is 2. The number of ether oxygens (including phenoxy) is 6. The minimum atomic E-state index is -0.584. The minimum absolute atomic E-state index is 0.130. The Hall–Kier alpha value is -5.06. The summed E-state index contributed by atoms with van der Waals surface area (Å²) in [6, 6.07) is 19.4. The van der Waals surface area contributed by atoms with Gasteiger partial charge in [0.05, 0.1) is 35.4 Å². The van der Waals surface area contributed by atoms with Crippen LogP contribution in [0.3, 0.4) is 0 Å². The molecule has 0 radical (unpaired) electrons. The molecule has 238 valence electrons. The maximum atomic E-state index is 14.0. The van der Waals surface area contributed by atoms with Crippen molar-refractivity contribution in [2.75, 3.05) is 41.0 Å². The van der Waals surface area contributed by atoms with Gasteiger partial charge in [-0.2, -0.15) is 0 Å². The maximum Gasteiger partial charge on any atom is 0.338 e. The summed E-state index contributed by atoms with van der Waals surface area (Å²) in [5.74, 6) is -0.516. The fourth-order valence-corrected chi connectivity index (χ4v) is 6.35. The Morgan fingerprint density at radius 3 is 1.37 bits per heavy atom. The number of esters is 2. The second kappa shape index (κ2) is 12.7. The van der Waals surface area contributed by atoms with Gasteiger partial charge in [0.25, 0.3) is 0 Å². The number of aryl methyl sites for hydroxylation is 2. The molecule has 0 spiro atoms. The molecule has 0 unspecified atom stereocenters. The molecule has 0 aliphatic rings. The molecule has 0 saturated heterocycles. The normalized spacial score (nSPS) is 11.5. The van der Waals surface area contributed by atoms with E-state index in [4.69, 9.17) is 28.4 Å². The van der Waals surface area contributed by atoms with Gasteiger partial charge in [0.2, 0.25) is 0 Å². The van der Waals surface area contributed by atoms with E-state index in [2.05, 4.69) is 0 Å². The van der Waals surface area contributed by atoms with Crippen LogP contribution in [0, 0.1) is 0 Å². The number of fused-ring (bicyclic) bond motifs is 6. The molecular weight excluding hydrogens is 588 g/mol. The number of carbonyl (C=O) groups excluding carboxylic acids is 2. The third-order valence-electron chi connectivity index (χ3n) is 8.18. The van der Waals surface area contributed by atoms with Gasteiger partial charge in [0.15, 0.2) is 25.1 Å². The lowest BCUT2D eigenvalue weighted by Crippen LogP contribution is -2.14. The van der Waals surface area contributed by atoms with Crippen molar-refractivity contribution in [3.8, 4) is 22.6 Å². The highest BCUT2D eigenvalue weighted by Gasteiger charge is 2.33. The van der Waals surface area contributed by atoms with E-state index in [0.717, 1.165) is 32.6 Å². The minimum Gasteiger partial charge on any atom is -0.465 e. The Morgan fingerprint density at radius 1 is 0.609 bits per heavy atom. The number of benzene rings is 4. The van der Waals surface area contributed by atoms with Crippen molar-refractivity contribution in [3.63, 3.8) is 0 Å². The molecule has 0 bridgehead atoms. The van der Waals surface area contributed by atoms with Crippen molar-refractivity contribution in [3.05, 3.63) is 71.8 Å². The molecule has 0 atom stereocenters. The van der Waals surface area contributed by atoms with Gasteiger partial charge in [-0.1, -0.05) is 36.4 Å². The van der Waals surface area contributed by atoms with Gasteiger partial charge in [-0.15, -0.1) is 0 Å². The summed E-state index contributed by atoms with van der Waals surface area (Å²) in [7, 11) is 6.90. The number of para-hydroxylation sites is 2. The van der Waals surface area contributed by atoms with Crippen LogP contribution in [-0.2, 0) is 33.0 Å². The zero-order chi connectivity index (χ0) is 32.5. The Balaban J connectivity index is 1.89. The Bertz CT molecular complexity index is 1970. The van der Waals surface area contributed by atoms with Crippen LogP contribution in [0.4, 0.5) is 0 Å². The van der Waals surface area contributed by atoms with Gasteiger partial charge in [-0.25, -0.2) is 9.59 Å². The predicted octanol–water partition coefficient (Wildman–Crippen LogP) is 6.96. The predicted molar refractivity (Wildman–Crippen MR) is 177 cm³/mol. The number of methoxy groups -OCH3 is 2. The summed E-state index contributed by atoms with van der Waals surface area (Å²) in [5.41, 5.74) is 4.28. The zero-order valence-corrected chi connectivity index (χ0v) is 26.8. The monoisotopic (exact) mass is 624 g/mol. The van der Waals surface area contributed by atoms with Gasteiger partial charge in [0, 0.05) is 72.0 Å². The summed E-state index contributed by atoms with van der Waals surface area (Å²) >= 11 is 0. The van der Waals surface area contributed by atoms with Crippen molar-refractivity contribution in [1.29, 1.82) is 0 Å². The molecule has 10 nitrogen and oxygen atoms in total. The molecule has 10 heteroatoms. The largest absolute Gasteiger partial charge is 0.465 e. The van der Waals surface area contributed by atoms with Crippen LogP contribution in [0.2, 0.25) is 0 Å². The molecule has 0 amide bonds. The van der Waals surface area contributed by atoms with E-state index in [1.54, 1.807) is 26.0 Å². The standard InChI is InChI=1S/C36H36N2O8/c1-7-43-35(39)25-17-23-21-13-9-11-15-27(21)37(3)31(23)33(45-19-41-5)29(25)30-26(36(40)44-8-2)18-24-22-14-10-12-16-28(22)38(4)32(24)34(30)46-20-42-6/h9-18H,7-8,19-20H2,1-6H3. The van der Waals surface area contributed by atoms with Crippen LogP contribution in [0.25, 0.3) is 54.7 Å². The van der Waals surface area contributed by atoms with Crippen LogP contribution < -0.4 is 9.47 Å². The molecule has 6 aromatic rings. The topological polar surface area (TPSA) is 99.4 Å². The van der Waals surface area contributed by atoms with Crippen LogP contribution in [0.5, 0.6) is 11.5 Å². The molecule has 0 saturated carbocycles. The highest BCUT2D eigenvalue weighted by molar-refractivity contribution is 6.21. The quantitative estimate of drug-likeness (QED) is 0.113. The molecule has 6 rings (SSSR count). The van der Waals surface area contributed by atoms with Crippen LogP contribution in [0.15, 0.2) is 60.7 Å². The second-order valence-corrected chi connectivity index (χ2v) is 10.7. The maximum absolute atomic E-state index is 14.0. The van der Waals surface area contributed by atoms with Crippen LogP contribution in [-0.4, -0.2) is 62.1 Å². The number of hydrogen-bond acceptors (Lipinski definition) is 8. The van der Waals surface area contributed by atoms with Gasteiger partial charge < -0.3 is 37.6 Å². The fourth-order valence-electron chi connectivity index (χ4n) is 6.35. The lowest BCUT2D eigenvalue weighted by molar-refractivity contribution is 0.0485. The summed E-state index contributed by atoms with van der Waals surface area (Å²) in [6.45, 7) is 3.51. The van der Waals surface area contributed by atoms with Gasteiger partial charge in [-0.3, -0.25) is 0 Å². The van der Waals surface area contributed by atoms with Gasteiger partial charge in [-0.05, 0) is 38.1 Å². The summed E-state index contributed by atoms with van der Waals surface area (Å²) in [6.07, 6.45) is 0. The van der Waals surface area contributed by atoms with Crippen LogP contribution in [0.1, 0.15) is 34.6 Å². The van der Waals surface area contributed by atoms with E-state index in [1.807, 2.05) is 71.8 Å². The molecular formula is C36H36N2O8. The highest BCUT2D eigenvalue weighted by Crippen LogP contribution is 2.51.